The molecule has 0 saturated heterocycles. The van der Waals surface area contributed by atoms with E-state index in [-0.39, 0.29) is 0 Å². The molecule has 0 spiro atoms. The lowest BCUT2D eigenvalue weighted by atomic mass is 10.0. The summed E-state index contributed by atoms with van der Waals surface area (Å²) in [5, 5.41) is 2.77. The molecule has 0 amide bonds. The average molecular weight is 254 g/mol. The molecule has 100 valence electrons. The minimum absolute atomic E-state index is 0.844. The lowest BCUT2D eigenvalue weighted by Gasteiger charge is -2.04. The van der Waals surface area contributed by atoms with Gasteiger partial charge >= 0.3 is 0 Å². The third-order valence-electron chi connectivity index (χ3n) is 3.34. The zero-order chi connectivity index (χ0) is 13.7. The second kappa shape index (κ2) is 6.53. The van der Waals surface area contributed by atoms with Gasteiger partial charge in [0.25, 0.3) is 0 Å². The highest BCUT2D eigenvalue weighted by atomic mass is 16.5. The van der Waals surface area contributed by atoms with Crippen molar-refractivity contribution in [3.63, 3.8) is 0 Å². The summed E-state index contributed by atoms with van der Waals surface area (Å²) in [4.78, 5) is 0. The normalized spacial score (nSPS) is 12.7. The minimum atomic E-state index is 0.844. The summed E-state index contributed by atoms with van der Waals surface area (Å²) < 4.78 is 4.83. The Bertz CT molecular complexity index is 579. The molecular formula is C18H22O. The topological polar surface area (TPSA) is 9.23 Å². The summed E-state index contributed by atoms with van der Waals surface area (Å²) in [6.07, 6.45) is 3.42. The summed E-state index contributed by atoms with van der Waals surface area (Å²) in [6, 6.07) is 13.1. The van der Waals surface area contributed by atoms with Crippen LogP contribution in [0.15, 0.2) is 42.0 Å². The van der Waals surface area contributed by atoms with Crippen molar-refractivity contribution < 1.29 is 4.74 Å². The van der Waals surface area contributed by atoms with Crippen molar-refractivity contribution in [1.82, 2.24) is 0 Å². The molecule has 0 unspecified atom stereocenters. The Kier molecular flexibility index (Phi) is 4.75. The Morgan fingerprint density at radius 1 is 1.00 bits per heavy atom. The molecule has 0 aromatic heterocycles. The van der Waals surface area contributed by atoms with Gasteiger partial charge < -0.3 is 4.74 Å². The predicted molar refractivity (Wildman–Crippen MR) is 83.5 cm³/mol. The van der Waals surface area contributed by atoms with E-state index in [2.05, 4.69) is 49.4 Å². The molecule has 1 aliphatic rings. The van der Waals surface area contributed by atoms with Gasteiger partial charge in [0, 0.05) is 13.2 Å². The summed E-state index contributed by atoms with van der Waals surface area (Å²) in [6.45, 7) is 7.87. The lowest BCUT2D eigenvalue weighted by Crippen LogP contribution is -1.85. The highest BCUT2D eigenvalue weighted by molar-refractivity contribution is 5.90. The molecule has 0 radical (unpaired) electrons. The molecule has 0 aliphatic heterocycles. The van der Waals surface area contributed by atoms with E-state index in [1.54, 1.807) is 0 Å². The molecule has 19 heavy (non-hydrogen) atoms. The standard InChI is InChI=1S/C14H12.C4H10O/c1-10-8-12-7-6-11-4-2-3-5-13(11)14(12)9-10;1-3-5-4-2/h2-8H,9H2,1H3;3-4H2,1-2H3. The highest BCUT2D eigenvalue weighted by Gasteiger charge is 2.11. The zero-order valence-corrected chi connectivity index (χ0v) is 12.1. The Morgan fingerprint density at radius 3 is 2.42 bits per heavy atom. The molecule has 0 saturated carbocycles. The van der Waals surface area contributed by atoms with Gasteiger partial charge in [0.1, 0.15) is 0 Å². The summed E-state index contributed by atoms with van der Waals surface area (Å²) in [5.41, 5.74) is 4.37. The van der Waals surface area contributed by atoms with Gasteiger partial charge in [-0.15, -0.1) is 0 Å². The maximum Gasteiger partial charge on any atom is 0.0437 e. The molecule has 3 rings (SSSR count). The molecule has 0 bridgehead atoms. The second-order valence-corrected chi connectivity index (χ2v) is 4.80. The number of hydrogen-bond donors (Lipinski definition) is 0. The number of rotatable bonds is 2. The van der Waals surface area contributed by atoms with Crippen LogP contribution in [0, 0.1) is 0 Å². The molecule has 1 nitrogen and oxygen atoms in total. The summed E-state index contributed by atoms with van der Waals surface area (Å²) in [5.74, 6) is 0. The Labute approximate surface area is 115 Å². The van der Waals surface area contributed by atoms with Gasteiger partial charge in [0.2, 0.25) is 0 Å². The number of benzene rings is 2. The third-order valence-corrected chi connectivity index (χ3v) is 3.34. The van der Waals surface area contributed by atoms with Crippen molar-refractivity contribution in [2.75, 3.05) is 13.2 Å². The van der Waals surface area contributed by atoms with E-state index in [4.69, 9.17) is 4.74 Å². The van der Waals surface area contributed by atoms with E-state index in [9.17, 15) is 0 Å². The van der Waals surface area contributed by atoms with Crippen molar-refractivity contribution in [2.24, 2.45) is 0 Å². The molecule has 1 aliphatic carbocycles. The quantitative estimate of drug-likeness (QED) is 0.745. The molecule has 0 fully saturated rings. The average Bonchev–Trinajstić information content (AvgIpc) is 2.81. The fourth-order valence-electron chi connectivity index (χ4n) is 2.48. The fraction of sp³-hybridized carbons (Fsp3) is 0.333. The van der Waals surface area contributed by atoms with E-state index in [1.807, 2.05) is 13.8 Å². The minimum Gasteiger partial charge on any atom is -0.382 e. The van der Waals surface area contributed by atoms with Gasteiger partial charge in [0.15, 0.2) is 0 Å². The van der Waals surface area contributed by atoms with Crippen LogP contribution in [0.4, 0.5) is 0 Å². The SMILES string of the molecule is CC1=Cc2ccc3ccccc3c2C1.CCOCC. The fourth-order valence-corrected chi connectivity index (χ4v) is 2.48. The summed E-state index contributed by atoms with van der Waals surface area (Å²) in [7, 11) is 0. The second-order valence-electron chi connectivity index (χ2n) is 4.80. The van der Waals surface area contributed by atoms with E-state index >= 15 is 0 Å². The van der Waals surface area contributed by atoms with Crippen LogP contribution in [0.2, 0.25) is 0 Å². The first-order valence-corrected chi connectivity index (χ1v) is 7.01. The largest absolute Gasteiger partial charge is 0.382 e. The van der Waals surface area contributed by atoms with Crippen LogP contribution in [0.3, 0.4) is 0 Å². The summed E-state index contributed by atoms with van der Waals surface area (Å²) >= 11 is 0. The maximum absolute atomic E-state index is 4.83. The smallest absolute Gasteiger partial charge is 0.0437 e. The van der Waals surface area contributed by atoms with Gasteiger partial charge in [-0.05, 0) is 49.1 Å². The van der Waals surface area contributed by atoms with Crippen LogP contribution in [-0.4, -0.2) is 13.2 Å². The number of fused-ring (bicyclic) bond motifs is 3. The van der Waals surface area contributed by atoms with Gasteiger partial charge in [-0.1, -0.05) is 48.0 Å². The van der Waals surface area contributed by atoms with E-state index in [0.29, 0.717) is 0 Å². The molecule has 2 aromatic carbocycles. The first kappa shape index (κ1) is 13.8. The first-order valence-electron chi connectivity index (χ1n) is 7.01. The third kappa shape index (κ3) is 3.24. The van der Waals surface area contributed by atoms with Gasteiger partial charge in [0.05, 0.1) is 0 Å². The van der Waals surface area contributed by atoms with Crippen molar-refractivity contribution in [3.05, 3.63) is 53.1 Å². The molecule has 0 heterocycles. The Balaban J connectivity index is 0.000000232. The zero-order valence-electron chi connectivity index (χ0n) is 12.1. The molecule has 1 heteroatoms. The molecule has 0 atom stereocenters. The van der Waals surface area contributed by atoms with Gasteiger partial charge in [-0.2, -0.15) is 0 Å². The number of hydrogen-bond acceptors (Lipinski definition) is 1. The van der Waals surface area contributed by atoms with Crippen LogP contribution in [0.25, 0.3) is 16.8 Å². The highest BCUT2D eigenvalue weighted by Crippen LogP contribution is 2.31. The van der Waals surface area contributed by atoms with E-state index < -0.39 is 0 Å². The van der Waals surface area contributed by atoms with Crippen molar-refractivity contribution in [2.45, 2.75) is 27.2 Å². The first-order chi connectivity index (χ1) is 9.26. The maximum atomic E-state index is 4.83. The van der Waals surface area contributed by atoms with Crippen molar-refractivity contribution in [1.29, 1.82) is 0 Å². The molecule has 2 aromatic rings. The van der Waals surface area contributed by atoms with Gasteiger partial charge in [-0.25, -0.2) is 0 Å². The van der Waals surface area contributed by atoms with E-state index in [0.717, 1.165) is 19.6 Å². The number of allylic oxidation sites excluding steroid dienone is 1. The van der Waals surface area contributed by atoms with Crippen LogP contribution in [0.1, 0.15) is 31.9 Å². The monoisotopic (exact) mass is 254 g/mol. The predicted octanol–water partition coefficient (Wildman–Crippen LogP) is 4.84. The van der Waals surface area contributed by atoms with Gasteiger partial charge in [-0.3, -0.25) is 0 Å². The Morgan fingerprint density at radius 2 is 1.74 bits per heavy atom. The van der Waals surface area contributed by atoms with Crippen molar-refractivity contribution in [3.8, 4) is 0 Å². The molecule has 0 N–H and O–H groups in total. The molecular weight excluding hydrogens is 232 g/mol. The van der Waals surface area contributed by atoms with Crippen LogP contribution < -0.4 is 0 Å². The van der Waals surface area contributed by atoms with Crippen LogP contribution >= 0.6 is 0 Å². The van der Waals surface area contributed by atoms with Crippen molar-refractivity contribution >= 4 is 16.8 Å². The lowest BCUT2D eigenvalue weighted by molar-refractivity contribution is 0.162. The number of ether oxygens (including phenoxy) is 1. The van der Waals surface area contributed by atoms with Crippen LogP contribution in [-0.2, 0) is 11.2 Å². The Hall–Kier alpha value is -1.60. The van der Waals surface area contributed by atoms with E-state index in [1.165, 1.54) is 27.5 Å². The van der Waals surface area contributed by atoms with Crippen LogP contribution in [0.5, 0.6) is 0 Å².